The van der Waals surface area contributed by atoms with Gasteiger partial charge in [0, 0.05) is 6.61 Å². The Morgan fingerprint density at radius 1 is 1.33 bits per heavy atom. The van der Waals surface area contributed by atoms with Crippen LogP contribution in [0.3, 0.4) is 0 Å². The van der Waals surface area contributed by atoms with Crippen molar-refractivity contribution >= 4 is 5.97 Å². The maximum absolute atomic E-state index is 11.8. The maximum atomic E-state index is 11.8. The summed E-state index contributed by atoms with van der Waals surface area (Å²) in [7, 11) is 0. The fourth-order valence-corrected chi connectivity index (χ4v) is 3.63. The second-order valence-corrected chi connectivity index (χ2v) is 6.19. The van der Waals surface area contributed by atoms with Gasteiger partial charge in [-0.25, -0.2) is 0 Å². The van der Waals surface area contributed by atoms with E-state index in [2.05, 4.69) is 6.92 Å². The molecule has 2 aliphatic heterocycles. The lowest BCUT2D eigenvalue weighted by Crippen LogP contribution is -2.43. The van der Waals surface area contributed by atoms with Crippen molar-refractivity contribution in [2.24, 2.45) is 11.3 Å². The van der Waals surface area contributed by atoms with Crippen molar-refractivity contribution < 1.29 is 19.4 Å². The molecule has 2 heterocycles. The maximum Gasteiger partial charge on any atom is 0.312 e. The predicted molar refractivity (Wildman–Crippen MR) is 65.3 cm³/mol. The molecule has 1 saturated carbocycles. The van der Waals surface area contributed by atoms with Gasteiger partial charge in [-0.3, -0.25) is 4.79 Å². The van der Waals surface area contributed by atoms with E-state index in [0.29, 0.717) is 25.4 Å². The molecule has 4 unspecified atom stereocenters. The summed E-state index contributed by atoms with van der Waals surface area (Å²) in [6, 6.07) is 0. The van der Waals surface area contributed by atoms with E-state index in [1.54, 1.807) is 0 Å². The normalized spacial score (nSPS) is 44.4. The Morgan fingerprint density at radius 3 is 2.67 bits per heavy atom. The van der Waals surface area contributed by atoms with Crippen molar-refractivity contribution in [1.29, 1.82) is 0 Å². The zero-order chi connectivity index (χ0) is 12.8. The van der Waals surface area contributed by atoms with Crippen molar-refractivity contribution in [1.82, 2.24) is 0 Å². The standard InChI is InChI=1S/C14H22O4/c1-9-2-5-11(18-9)8-14(13(15)16)6-7-17-12(14)10-3-4-10/h9-12H,2-8H2,1H3,(H,15,16). The molecule has 2 saturated heterocycles. The molecule has 4 atom stereocenters. The smallest absolute Gasteiger partial charge is 0.312 e. The molecule has 0 aromatic rings. The van der Waals surface area contributed by atoms with Crippen LogP contribution in [0.15, 0.2) is 0 Å². The average Bonchev–Trinajstić information content (AvgIpc) is 2.95. The number of carboxylic acid groups (broad SMARTS) is 1. The Labute approximate surface area is 108 Å². The van der Waals surface area contributed by atoms with Gasteiger partial charge in [0.05, 0.1) is 23.7 Å². The van der Waals surface area contributed by atoms with Crippen LogP contribution in [0.5, 0.6) is 0 Å². The quantitative estimate of drug-likeness (QED) is 0.835. The summed E-state index contributed by atoms with van der Waals surface area (Å²) in [4.78, 5) is 11.8. The van der Waals surface area contributed by atoms with E-state index in [1.165, 1.54) is 0 Å². The van der Waals surface area contributed by atoms with Gasteiger partial charge in [0.15, 0.2) is 0 Å². The minimum atomic E-state index is -0.685. The van der Waals surface area contributed by atoms with E-state index in [1.807, 2.05) is 0 Å². The molecule has 3 fully saturated rings. The molecule has 3 rings (SSSR count). The molecule has 0 amide bonds. The summed E-state index contributed by atoms with van der Waals surface area (Å²) in [6.45, 7) is 2.66. The molecule has 102 valence electrons. The summed E-state index contributed by atoms with van der Waals surface area (Å²) < 4.78 is 11.6. The molecular weight excluding hydrogens is 232 g/mol. The molecule has 1 aliphatic carbocycles. The number of aliphatic carboxylic acids is 1. The van der Waals surface area contributed by atoms with Crippen molar-refractivity contribution in [2.75, 3.05) is 6.61 Å². The third kappa shape index (κ3) is 2.05. The number of carboxylic acids is 1. The minimum absolute atomic E-state index is 0.0745. The third-order valence-corrected chi connectivity index (χ3v) is 4.78. The van der Waals surface area contributed by atoms with Crippen LogP contribution in [-0.2, 0) is 14.3 Å². The molecule has 3 aliphatic rings. The highest BCUT2D eigenvalue weighted by atomic mass is 16.5. The van der Waals surface area contributed by atoms with Gasteiger partial charge in [0.25, 0.3) is 0 Å². The van der Waals surface area contributed by atoms with Crippen LogP contribution in [0.4, 0.5) is 0 Å². The molecule has 4 nitrogen and oxygen atoms in total. The van der Waals surface area contributed by atoms with Crippen LogP contribution < -0.4 is 0 Å². The van der Waals surface area contributed by atoms with E-state index >= 15 is 0 Å². The van der Waals surface area contributed by atoms with Crippen LogP contribution >= 0.6 is 0 Å². The highest BCUT2D eigenvalue weighted by molar-refractivity contribution is 5.76. The van der Waals surface area contributed by atoms with Crippen molar-refractivity contribution in [3.8, 4) is 0 Å². The summed E-state index contributed by atoms with van der Waals surface area (Å²) in [5.74, 6) is -0.206. The first-order valence-corrected chi connectivity index (χ1v) is 7.12. The number of hydrogen-bond acceptors (Lipinski definition) is 3. The van der Waals surface area contributed by atoms with Crippen LogP contribution in [0.25, 0.3) is 0 Å². The minimum Gasteiger partial charge on any atom is -0.481 e. The Morgan fingerprint density at radius 2 is 2.11 bits per heavy atom. The third-order valence-electron chi connectivity index (χ3n) is 4.78. The molecule has 1 N–H and O–H groups in total. The van der Waals surface area contributed by atoms with Crippen LogP contribution in [0, 0.1) is 11.3 Å². The lowest BCUT2D eigenvalue weighted by Gasteiger charge is -2.32. The molecule has 18 heavy (non-hydrogen) atoms. The zero-order valence-electron chi connectivity index (χ0n) is 10.9. The van der Waals surface area contributed by atoms with Gasteiger partial charge < -0.3 is 14.6 Å². The van der Waals surface area contributed by atoms with Gasteiger partial charge in [-0.05, 0) is 51.4 Å². The lowest BCUT2D eigenvalue weighted by molar-refractivity contribution is -0.156. The molecule has 0 radical (unpaired) electrons. The second kappa shape index (κ2) is 4.49. The van der Waals surface area contributed by atoms with Crippen LogP contribution in [-0.4, -0.2) is 36.0 Å². The number of ether oxygens (including phenoxy) is 2. The first-order chi connectivity index (χ1) is 8.62. The van der Waals surface area contributed by atoms with E-state index < -0.39 is 11.4 Å². The van der Waals surface area contributed by atoms with Crippen molar-refractivity contribution in [2.45, 2.75) is 63.8 Å². The van der Waals surface area contributed by atoms with E-state index in [-0.39, 0.29) is 18.3 Å². The van der Waals surface area contributed by atoms with E-state index in [9.17, 15) is 9.90 Å². The Kier molecular flexibility index (Phi) is 3.10. The molecule has 0 aromatic carbocycles. The largest absolute Gasteiger partial charge is 0.481 e. The predicted octanol–water partition coefficient (Wildman–Crippen LogP) is 2.21. The zero-order valence-corrected chi connectivity index (χ0v) is 10.9. The van der Waals surface area contributed by atoms with Gasteiger partial charge in [0.2, 0.25) is 0 Å². The fourth-order valence-electron chi connectivity index (χ4n) is 3.63. The number of hydrogen-bond donors (Lipinski definition) is 1. The number of rotatable bonds is 4. The van der Waals surface area contributed by atoms with Crippen LogP contribution in [0.1, 0.15) is 45.4 Å². The van der Waals surface area contributed by atoms with Crippen molar-refractivity contribution in [3.05, 3.63) is 0 Å². The topological polar surface area (TPSA) is 55.8 Å². The van der Waals surface area contributed by atoms with E-state index in [0.717, 1.165) is 25.7 Å². The van der Waals surface area contributed by atoms with E-state index in [4.69, 9.17) is 9.47 Å². The summed E-state index contributed by atoms with van der Waals surface area (Å²) in [6.07, 6.45) is 5.90. The SMILES string of the molecule is CC1CCC(CC2(C(=O)O)CCOC2C2CC2)O1. The molecule has 0 aromatic heterocycles. The first-order valence-electron chi connectivity index (χ1n) is 7.12. The molecule has 4 heteroatoms. The summed E-state index contributed by atoms with van der Waals surface area (Å²) >= 11 is 0. The second-order valence-electron chi connectivity index (χ2n) is 6.19. The first kappa shape index (κ1) is 12.4. The highest BCUT2D eigenvalue weighted by Gasteiger charge is 2.56. The van der Waals surface area contributed by atoms with Gasteiger partial charge in [-0.15, -0.1) is 0 Å². The van der Waals surface area contributed by atoms with Gasteiger partial charge in [-0.1, -0.05) is 0 Å². The Bertz CT molecular complexity index is 339. The van der Waals surface area contributed by atoms with Gasteiger partial charge in [0.1, 0.15) is 0 Å². The van der Waals surface area contributed by atoms with Gasteiger partial charge in [-0.2, -0.15) is 0 Å². The monoisotopic (exact) mass is 254 g/mol. The van der Waals surface area contributed by atoms with Gasteiger partial charge >= 0.3 is 5.97 Å². The Balaban J connectivity index is 1.75. The van der Waals surface area contributed by atoms with Crippen LogP contribution in [0.2, 0.25) is 0 Å². The molecule has 0 spiro atoms. The highest BCUT2D eigenvalue weighted by Crippen LogP contribution is 2.51. The molecule has 0 bridgehead atoms. The molecular formula is C14H22O4. The average molecular weight is 254 g/mol. The summed E-state index contributed by atoms with van der Waals surface area (Å²) in [5, 5.41) is 9.70. The fraction of sp³-hybridized carbons (Fsp3) is 0.929. The Hall–Kier alpha value is -0.610. The lowest BCUT2D eigenvalue weighted by atomic mass is 9.74. The van der Waals surface area contributed by atoms with Crippen molar-refractivity contribution in [3.63, 3.8) is 0 Å². The summed E-state index contributed by atoms with van der Waals surface area (Å²) in [5.41, 5.74) is -0.685. The number of carbonyl (C=O) groups is 1.